The Hall–Kier alpha value is -0.120. The predicted octanol–water partition coefficient (Wildman–Crippen LogP) is 1.82. The third kappa shape index (κ3) is 2.47. The summed E-state index contributed by atoms with van der Waals surface area (Å²) < 4.78 is 5.62. The molecule has 3 N–H and O–H groups in total. The van der Waals surface area contributed by atoms with Crippen LogP contribution in [-0.2, 0) is 4.74 Å². The number of rotatable bonds is 6. The molecule has 84 valence electrons. The van der Waals surface area contributed by atoms with E-state index in [-0.39, 0.29) is 5.60 Å². The lowest BCUT2D eigenvalue weighted by atomic mass is 9.73. The summed E-state index contributed by atoms with van der Waals surface area (Å²) in [6.45, 7) is 4.49. The summed E-state index contributed by atoms with van der Waals surface area (Å²) >= 11 is 0. The second-order valence-electron chi connectivity index (χ2n) is 4.81. The van der Waals surface area contributed by atoms with E-state index < -0.39 is 0 Å². The summed E-state index contributed by atoms with van der Waals surface area (Å²) in [5.41, 5.74) is 2.96. The molecule has 3 heteroatoms. The zero-order valence-electron chi connectivity index (χ0n) is 9.68. The molecule has 0 aromatic rings. The van der Waals surface area contributed by atoms with E-state index in [2.05, 4.69) is 19.3 Å². The van der Waals surface area contributed by atoms with Crippen molar-refractivity contribution in [3.8, 4) is 0 Å². The highest BCUT2D eigenvalue weighted by molar-refractivity contribution is 4.98. The van der Waals surface area contributed by atoms with Gasteiger partial charge in [-0.25, -0.2) is 0 Å². The molecule has 1 unspecified atom stereocenters. The highest BCUT2D eigenvalue weighted by Crippen LogP contribution is 2.39. The van der Waals surface area contributed by atoms with Crippen molar-refractivity contribution in [2.45, 2.75) is 57.6 Å². The van der Waals surface area contributed by atoms with Crippen molar-refractivity contribution in [3.63, 3.8) is 0 Å². The van der Waals surface area contributed by atoms with E-state index in [4.69, 9.17) is 10.6 Å². The Balaban J connectivity index is 2.43. The SMILES string of the molecule is COC1(C(CCC(C)C)NN)CCC1. The van der Waals surface area contributed by atoms with Crippen LogP contribution in [-0.4, -0.2) is 18.8 Å². The quantitative estimate of drug-likeness (QED) is 0.508. The largest absolute Gasteiger partial charge is 0.377 e. The average Bonchev–Trinajstić information content (AvgIpc) is 2.09. The van der Waals surface area contributed by atoms with Crippen LogP contribution in [0.25, 0.3) is 0 Å². The van der Waals surface area contributed by atoms with Gasteiger partial charge in [-0.1, -0.05) is 13.8 Å². The molecule has 0 aliphatic heterocycles. The molecule has 1 atom stereocenters. The zero-order chi connectivity index (χ0) is 10.6. The first-order valence-electron chi connectivity index (χ1n) is 5.66. The molecule has 0 aromatic carbocycles. The molecule has 0 heterocycles. The molecular weight excluding hydrogens is 176 g/mol. The van der Waals surface area contributed by atoms with E-state index in [1.807, 2.05) is 0 Å². The van der Waals surface area contributed by atoms with E-state index in [1.165, 1.54) is 12.8 Å². The van der Waals surface area contributed by atoms with Crippen LogP contribution in [0.2, 0.25) is 0 Å². The first kappa shape index (κ1) is 12.0. The smallest absolute Gasteiger partial charge is 0.0844 e. The lowest BCUT2D eigenvalue weighted by molar-refractivity contribution is -0.101. The second-order valence-corrected chi connectivity index (χ2v) is 4.81. The molecule has 1 aliphatic carbocycles. The summed E-state index contributed by atoms with van der Waals surface area (Å²) in [5, 5.41) is 0. The van der Waals surface area contributed by atoms with Crippen molar-refractivity contribution >= 4 is 0 Å². The predicted molar refractivity (Wildman–Crippen MR) is 58.8 cm³/mol. The van der Waals surface area contributed by atoms with Gasteiger partial charge in [0.1, 0.15) is 0 Å². The van der Waals surface area contributed by atoms with E-state index in [0.717, 1.165) is 25.2 Å². The van der Waals surface area contributed by atoms with Gasteiger partial charge in [0.25, 0.3) is 0 Å². The number of methoxy groups -OCH3 is 1. The summed E-state index contributed by atoms with van der Waals surface area (Å²) in [4.78, 5) is 0. The van der Waals surface area contributed by atoms with Crippen LogP contribution in [0.3, 0.4) is 0 Å². The maximum Gasteiger partial charge on any atom is 0.0844 e. The van der Waals surface area contributed by atoms with Crippen molar-refractivity contribution in [2.75, 3.05) is 7.11 Å². The van der Waals surface area contributed by atoms with Crippen LogP contribution in [0.1, 0.15) is 46.0 Å². The number of hydrogen-bond donors (Lipinski definition) is 2. The Morgan fingerprint density at radius 2 is 2.00 bits per heavy atom. The Bertz CT molecular complexity index is 161. The van der Waals surface area contributed by atoms with Crippen molar-refractivity contribution < 1.29 is 4.74 Å². The summed E-state index contributed by atoms with van der Waals surface area (Å²) in [7, 11) is 1.80. The van der Waals surface area contributed by atoms with Gasteiger partial charge >= 0.3 is 0 Å². The number of nitrogens with one attached hydrogen (secondary N) is 1. The number of nitrogens with two attached hydrogens (primary N) is 1. The standard InChI is InChI=1S/C11H24N2O/c1-9(2)5-6-10(13-12)11(14-3)7-4-8-11/h9-10,13H,4-8,12H2,1-3H3. The molecule has 0 saturated heterocycles. The highest BCUT2D eigenvalue weighted by Gasteiger charge is 2.43. The molecular formula is C11H24N2O. The lowest BCUT2D eigenvalue weighted by Crippen LogP contribution is -2.58. The summed E-state index contributed by atoms with van der Waals surface area (Å²) in [6, 6.07) is 0.323. The van der Waals surface area contributed by atoms with Gasteiger partial charge in [-0.15, -0.1) is 0 Å². The van der Waals surface area contributed by atoms with E-state index in [9.17, 15) is 0 Å². The fourth-order valence-electron chi connectivity index (χ4n) is 2.22. The molecule has 1 rings (SSSR count). The highest BCUT2D eigenvalue weighted by atomic mass is 16.5. The molecule has 0 aromatic heterocycles. The molecule has 0 radical (unpaired) electrons. The van der Waals surface area contributed by atoms with Crippen molar-refractivity contribution in [2.24, 2.45) is 11.8 Å². The first-order valence-corrected chi connectivity index (χ1v) is 5.66. The second kappa shape index (κ2) is 5.10. The zero-order valence-corrected chi connectivity index (χ0v) is 9.68. The van der Waals surface area contributed by atoms with Crippen molar-refractivity contribution in [1.29, 1.82) is 0 Å². The van der Waals surface area contributed by atoms with Gasteiger partial charge in [0, 0.05) is 7.11 Å². The molecule has 0 bridgehead atoms. The average molecular weight is 200 g/mol. The van der Waals surface area contributed by atoms with Gasteiger partial charge in [0.15, 0.2) is 0 Å². The van der Waals surface area contributed by atoms with E-state index >= 15 is 0 Å². The number of hydrogen-bond acceptors (Lipinski definition) is 3. The lowest BCUT2D eigenvalue weighted by Gasteiger charge is -2.46. The van der Waals surface area contributed by atoms with E-state index in [0.29, 0.717) is 6.04 Å². The number of ether oxygens (including phenoxy) is 1. The van der Waals surface area contributed by atoms with Crippen LogP contribution >= 0.6 is 0 Å². The van der Waals surface area contributed by atoms with Gasteiger partial charge in [-0.05, 0) is 38.0 Å². The minimum Gasteiger partial charge on any atom is -0.377 e. The Morgan fingerprint density at radius 1 is 1.36 bits per heavy atom. The first-order chi connectivity index (χ1) is 6.64. The Labute approximate surface area is 87.4 Å². The maximum absolute atomic E-state index is 5.62. The van der Waals surface area contributed by atoms with Crippen molar-refractivity contribution in [3.05, 3.63) is 0 Å². The fraction of sp³-hybridized carbons (Fsp3) is 1.00. The van der Waals surface area contributed by atoms with Crippen molar-refractivity contribution in [1.82, 2.24) is 5.43 Å². The molecule has 14 heavy (non-hydrogen) atoms. The van der Waals surface area contributed by atoms with Gasteiger partial charge in [-0.3, -0.25) is 11.3 Å². The number of hydrazine groups is 1. The van der Waals surface area contributed by atoms with Crippen LogP contribution in [0.5, 0.6) is 0 Å². The third-order valence-corrected chi connectivity index (χ3v) is 3.48. The molecule has 1 aliphatic rings. The maximum atomic E-state index is 5.62. The topological polar surface area (TPSA) is 47.3 Å². The molecule has 3 nitrogen and oxygen atoms in total. The normalized spacial score (nSPS) is 22.1. The molecule has 0 amide bonds. The monoisotopic (exact) mass is 200 g/mol. The molecule has 0 spiro atoms. The summed E-state index contributed by atoms with van der Waals surface area (Å²) in [6.07, 6.45) is 5.89. The minimum atomic E-state index is 0.0314. The fourth-order valence-corrected chi connectivity index (χ4v) is 2.22. The van der Waals surface area contributed by atoms with Gasteiger partial charge in [0.2, 0.25) is 0 Å². The molecule has 1 fully saturated rings. The third-order valence-electron chi connectivity index (χ3n) is 3.48. The van der Waals surface area contributed by atoms with Gasteiger partial charge < -0.3 is 4.74 Å². The van der Waals surface area contributed by atoms with Crippen LogP contribution < -0.4 is 11.3 Å². The molecule has 1 saturated carbocycles. The van der Waals surface area contributed by atoms with Crippen LogP contribution in [0, 0.1) is 5.92 Å². The Kier molecular flexibility index (Phi) is 4.35. The summed E-state index contributed by atoms with van der Waals surface area (Å²) in [5.74, 6) is 6.34. The van der Waals surface area contributed by atoms with Crippen LogP contribution in [0.15, 0.2) is 0 Å². The minimum absolute atomic E-state index is 0.0314. The Morgan fingerprint density at radius 3 is 2.29 bits per heavy atom. The van der Waals surface area contributed by atoms with Gasteiger partial charge in [-0.2, -0.15) is 0 Å². The van der Waals surface area contributed by atoms with E-state index in [1.54, 1.807) is 7.11 Å². The van der Waals surface area contributed by atoms with Gasteiger partial charge in [0.05, 0.1) is 11.6 Å². The van der Waals surface area contributed by atoms with Crippen LogP contribution in [0.4, 0.5) is 0 Å².